The van der Waals surface area contributed by atoms with Gasteiger partial charge in [0.05, 0.1) is 12.2 Å². The highest BCUT2D eigenvalue weighted by Gasteiger charge is 2.22. The third-order valence-corrected chi connectivity index (χ3v) is 1.49. The Bertz CT molecular complexity index is 151. The summed E-state index contributed by atoms with van der Waals surface area (Å²) >= 11 is 0. The Labute approximate surface area is 69.8 Å². The average molecular weight is 178 g/mol. The highest BCUT2D eigenvalue weighted by Crippen LogP contribution is 2.21. The summed E-state index contributed by atoms with van der Waals surface area (Å²) in [5.74, 6) is 0. The van der Waals surface area contributed by atoms with Gasteiger partial charge in [-0.1, -0.05) is 6.58 Å². The van der Waals surface area contributed by atoms with E-state index in [9.17, 15) is 8.87 Å². The minimum absolute atomic E-state index is 0.0266. The largest absolute Gasteiger partial charge is 0.372 e. The van der Waals surface area contributed by atoms with Crippen molar-refractivity contribution in [2.75, 3.05) is 6.54 Å². The second kappa shape index (κ2) is 5.51. The summed E-state index contributed by atoms with van der Waals surface area (Å²) in [6.45, 7) is 3.54. The third-order valence-electron chi connectivity index (χ3n) is 1.49. The Balaban J connectivity index is 0.000000354. The van der Waals surface area contributed by atoms with Crippen LogP contribution in [0.1, 0.15) is 12.8 Å². The molecule has 0 aliphatic carbocycles. The average Bonchev–Trinajstić information content (AvgIpc) is 2.02. The lowest BCUT2D eigenvalue weighted by molar-refractivity contribution is -0.106. The number of halogens is 2. The second-order valence-corrected chi connectivity index (χ2v) is 2.32. The lowest BCUT2D eigenvalue weighted by Gasteiger charge is -2.24. The van der Waals surface area contributed by atoms with E-state index in [0.717, 1.165) is 0 Å². The van der Waals surface area contributed by atoms with E-state index in [-0.39, 0.29) is 12.1 Å². The molecule has 0 saturated carbocycles. The maximum atomic E-state index is 12.4. The van der Waals surface area contributed by atoms with Crippen molar-refractivity contribution in [2.24, 2.45) is 5.73 Å². The van der Waals surface area contributed by atoms with E-state index < -0.39 is 6.17 Å². The second-order valence-electron chi connectivity index (χ2n) is 2.32. The maximum absolute atomic E-state index is 12.4. The fourth-order valence-corrected chi connectivity index (χ4v) is 0.872. The number of hydrogen-bond donors (Lipinski definition) is 1. The predicted octanol–water partition coefficient (Wildman–Crippen LogP) is 0.920. The molecule has 0 bridgehead atoms. The molecular formula is C7H12F2N2O. The first-order valence-corrected chi connectivity index (χ1v) is 3.55. The Morgan fingerprint density at radius 1 is 1.75 bits per heavy atom. The standard InChI is InChI=1S/C6H9F2N.CH3NO/c1-5-6(7)3-2-4-9(5)8;2-1-3/h6H,1-4H2;1H,(H2,2,3). The van der Waals surface area contributed by atoms with E-state index in [1.54, 1.807) is 0 Å². The zero-order valence-corrected chi connectivity index (χ0v) is 6.67. The lowest BCUT2D eigenvalue weighted by Crippen LogP contribution is -2.26. The van der Waals surface area contributed by atoms with Crippen molar-refractivity contribution in [3.8, 4) is 0 Å². The van der Waals surface area contributed by atoms with Gasteiger partial charge in [0.25, 0.3) is 0 Å². The van der Waals surface area contributed by atoms with Gasteiger partial charge < -0.3 is 5.73 Å². The number of carbonyl (C=O) groups excluding carboxylic acids is 1. The Hall–Kier alpha value is -1.13. The van der Waals surface area contributed by atoms with Crippen molar-refractivity contribution in [2.45, 2.75) is 19.0 Å². The zero-order chi connectivity index (χ0) is 9.56. The molecule has 70 valence electrons. The number of alkyl halides is 1. The van der Waals surface area contributed by atoms with Gasteiger partial charge in [-0.05, 0) is 12.8 Å². The number of allylic oxidation sites excluding steroid dienone is 1. The molecule has 0 radical (unpaired) electrons. The maximum Gasteiger partial charge on any atom is 0.204 e. The van der Waals surface area contributed by atoms with E-state index in [2.05, 4.69) is 12.3 Å². The van der Waals surface area contributed by atoms with E-state index in [0.29, 0.717) is 24.5 Å². The van der Waals surface area contributed by atoms with E-state index >= 15 is 0 Å². The van der Waals surface area contributed by atoms with Crippen LogP contribution in [0.15, 0.2) is 12.3 Å². The molecule has 1 atom stereocenters. The van der Waals surface area contributed by atoms with Crippen molar-refractivity contribution in [3.63, 3.8) is 0 Å². The minimum atomic E-state index is -1.16. The molecule has 1 rings (SSSR count). The highest BCUT2D eigenvalue weighted by molar-refractivity contribution is 5.42. The molecule has 1 aliphatic heterocycles. The minimum Gasteiger partial charge on any atom is -0.372 e. The van der Waals surface area contributed by atoms with Gasteiger partial charge in [-0.15, -0.1) is 4.48 Å². The first-order valence-electron chi connectivity index (χ1n) is 3.55. The summed E-state index contributed by atoms with van der Waals surface area (Å²) in [7, 11) is 0. The van der Waals surface area contributed by atoms with Crippen molar-refractivity contribution in [3.05, 3.63) is 12.3 Å². The van der Waals surface area contributed by atoms with Crippen LogP contribution in [-0.2, 0) is 4.79 Å². The molecule has 1 unspecified atom stereocenters. The van der Waals surface area contributed by atoms with E-state index in [1.807, 2.05) is 0 Å². The Morgan fingerprint density at radius 3 is 2.58 bits per heavy atom. The summed E-state index contributed by atoms with van der Waals surface area (Å²) in [5, 5.41) is 0.383. The number of nitrogens with two attached hydrogens (primary N) is 1. The van der Waals surface area contributed by atoms with Gasteiger partial charge in [0.15, 0.2) is 0 Å². The zero-order valence-electron chi connectivity index (χ0n) is 6.67. The molecule has 2 N–H and O–H groups in total. The topological polar surface area (TPSA) is 46.3 Å². The van der Waals surface area contributed by atoms with Crippen LogP contribution in [0.2, 0.25) is 0 Å². The van der Waals surface area contributed by atoms with Crippen LogP contribution in [0.3, 0.4) is 0 Å². The SMILES string of the molecule is C=C1C(F)CCCN1F.NC=O. The number of primary amides is 1. The summed E-state index contributed by atoms with van der Waals surface area (Å²) in [6.07, 6.45) is 0.0828. The molecular weight excluding hydrogens is 166 g/mol. The number of piperidine rings is 1. The smallest absolute Gasteiger partial charge is 0.204 e. The first-order chi connectivity index (χ1) is 5.63. The van der Waals surface area contributed by atoms with Crippen LogP contribution in [0.25, 0.3) is 0 Å². The molecule has 12 heavy (non-hydrogen) atoms. The van der Waals surface area contributed by atoms with Gasteiger partial charge in [0, 0.05) is 0 Å². The van der Waals surface area contributed by atoms with Gasteiger partial charge in [0.2, 0.25) is 6.41 Å². The lowest BCUT2D eigenvalue weighted by atomic mass is 10.1. The molecule has 1 heterocycles. The summed E-state index contributed by atoms with van der Waals surface area (Å²) in [6, 6.07) is 0. The molecule has 1 saturated heterocycles. The molecule has 3 nitrogen and oxygen atoms in total. The van der Waals surface area contributed by atoms with E-state index in [1.165, 1.54) is 0 Å². The van der Waals surface area contributed by atoms with Crippen LogP contribution in [-0.4, -0.2) is 24.2 Å². The van der Waals surface area contributed by atoms with Gasteiger partial charge in [-0.3, -0.25) is 4.79 Å². The number of carbonyl (C=O) groups is 1. The third kappa shape index (κ3) is 3.32. The molecule has 0 aromatic heterocycles. The van der Waals surface area contributed by atoms with Gasteiger partial charge in [0.1, 0.15) is 6.17 Å². The van der Waals surface area contributed by atoms with Crippen LogP contribution in [0.4, 0.5) is 8.87 Å². The van der Waals surface area contributed by atoms with Crippen molar-refractivity contribution in [1.29, 1.82) is 0 Å². The molecule has 5 heteroatoms. The van der Waals surface area contributed by atoms with Crippen LogP contribution in [0.5, 0.6) is 0 Å². The Kier molecular flexibility index (Phi) is 4.99. The number of amides is 1. The number of rotatable bonds is 0. The van der Waals surface area contributed by atoms with Gasteiger partial charge >= 0.3 is 0 Å². The van der Waals surface area contributed by atoms with Crippen LogP contribution in [0, 0.1) is 0 Å². The van der Waals surface area contributed by atoms with Gasteiger partial charge in [-0.25, -0.2) is 9.51 Å². The highest BCUT2D eigenvalue weighted by atomic mass is 19.2. The summed E-state index contributed by atoms with van der Waals surface area (Å²) in [4.78, 5) is 8.58. The molecule has 1 fully saturated rings. The van der Waals surface area contributed by atoms with Gasteiger partial charge in [-0.2, -0.15) is 0 Å². The van der Waals surface area contributed by atoms with E-state index in [4.69, 9.17) is 4.79 Å². The van der Waals surface area contributed by atoms with Crippen LogP contribution >= 0.6 is 0 Å². The monoisotopic (exact) mass is 178 g/mol. The first kappa shape index (κ1) is 10.9. The summed E-state index contributed by atoms with van der Waals surface area (Å²) in [5.41, 5.74) is 4.14. The van der Waals surface area contributed by atoms with Crippen molar-refractivity contribution < 1.29 is 13.7 Å². The predicted molar refractivity (Wildman–Crippen MR) is 41.3 cm³/mol. The fourth-order valence-electron chi connectivity index (χ4n) is 0.872. The Morgan fingerprint density at radius 2 is 2.25 bits per heavy atom. The molecule has 0 aromatic carbocycles. The quantitative estimate of drug-likeness (QED) is 0.443. The molecule has 1 aliphatic rings. The molecule has 0 spiro atoms. The summed E-state index contributed by atoms with van der Waals surface area (Å²) < 4.78 is 24.8. The number of hydrogen-bond acceptors (Lipinski definition) is 2. The van der Waals surface area contributed by atoms with Crippen LogP contribution < -0.4 is 5.73 Å². The van der Waals surface area contributed by atoms with Crippen molar-refractivity contribution >= 4 is 6.41 Å². The number of nitrogens with zero attached hydrogens (tertiary/aromatic N) is 1. The fraction of sp³-hybridized carbons (Fsp3) is 0.571. The molecule has 0 aromatic rings. The molecule has 1 amide bonds. The normalized spacial score (nSPS) is 22.7. The van der Waals surface area contributed by atoms with Crippen molar-refractivity contribution in [1.82, 2.24) is 5.12 Å².